The summed E-state index contributed by atoms with van der Waals surface area (Å²) in [4.78, 5) is 27.1. The Balaban J connectivity index is 0.00000225. The number of nitrogens with one attached hydrogen (secondary N) is 2. The van der Waals surface area contributed by atoms with Crippen LogP contribution in [0.1, 0.15) is 43.6 Å². The first-order chi connectivity index (χ1) is 13.1. The van der Waals surface area contributed by atoms with Gasteiger partial charge in [0.15, 0.2) is 0 Å². The Morgan fingerprint density at radius 2 is 2.11 bits per heavy atom. The minimum atomic E-state index is -0.0313. The zero-order valence-electron chi connectivity index (χ0n) is 16.0. The van der Waals surface area contributed by atoms with Gasteiger partial charge >= 0.3 is 0 Å². The molecule has 2 N–H and O–H groups in total. The van der Waals surface area contributed by atoms with Crippen molar-refractivity contribution in [3.8, 4) is 0 Å². The monoisotopic (exact) mass is 425 g/mol. The summed E-state index contributed by atoms with van der Waals surface area (Å²) >= 11 is 6.08. The minimum absolute atomic E-state index is 0. The number of benzene rings is 1. The number of carbonyl (C=O) groups excluding carboxylic acids is 2. The number of nitrogens with zero attached hydrogens (tertiary/aromatic N) is 1. The molecule has 28 heavy (non-hydrogen) atoms. The standard InChI is InChI=1S/C21H28ClN3O2.ClH/c22-16-6-1-5-15(10-16)17-11-18(17)21(27)25-9-3-4-14(13-25)12-24-20(26)19-7-2-8-23-19;/h1,5-6,10,14,17-19,23H,2-4,7-9,11-13H2,(H,24,26);1H. The molecule has 0 bridgehead atoms. The summed E-state index contributed by atoms with van der Waals surface area (Å²) < 4.78 is 0. The Kier molecular flexibility index (Phi) is 7.24. The average Bonchev–Trinajstić information content (AvgIpc) is 3.30. The molecule has 2 aliphatic heterocycles. The van der Waals surface area contributed by atoms with E-state index in [1.165, 1.54) is 5.56 Å². The molecule has 4 rings (SSSR count). The molecule has 3 fully saturated rings. The number of hydrogen-bond donors (Lipinski definition) is 2. The zero-order chi connectivity index (χ0) is 18.8. The number of halogens is 2. The lowest BCUT2D eigenvalue weighted by atomic mass is 9.97. The summed E-state index contributed by atoms with van der Waals surface area (Å²) in [5.41, 5.74) is 1.17. The molecule has 7 heteroatoms. The fourth-order valence-corrected chi connectivity index (χ4v) is 4.72. The van der Waals surface area contributed by atoms with Crippen molar-refractivity contribution >= 4 is 35.8 Å². The molecule has 1 saturated carbocycles. The molecule has 5 nitrogen and oxygen atoms in total. The third kappa shape index (κ3) is 5.00. The number of piperidine rings is 1. The summed E-state index contributed by atoms with van der Waals surface area (Å²) in [5.74, 6) is 1.15. The highest BCUT2D eigenvalue weighted by Crippen LogP contribution is 2.49. The number of hydrogen-bond acceptors (Lipinski definition) is 3. The van der Waals surface area contributed by atoms with Gasteiger partial charge < -0.3 is 15.5 Å². The molecule has 1 aromatic carbocycles. The Labute approximate surface area is 178 Å². The fourth-order valence-electron chi connectivity index (χ4n) is 4.52. The first kappa shape index (κ1) is 21.4. The highest BCUT2D eigenvalue weighted by atomic mass is 35.5. The van der Waals surface area contributed by atoms with Crippen LogP contribution in [-0.2, 0) is 9.59 Å². The van der Waals surface area contributed by atoms with E-state index in [4.69, 9.17) is 11.6 Å². The predicted octanol–water partition coefficient (Wildman–Crippen LogP) is 2.97. The molecule has 4 unspecified atom stereocenters. The maximum absolute atomic E-state index is 12.9. The van der Waals surface area contributed by atoms with Crippen molar-refractivity contribution in [2.75, 3.05) is 26.2 Å². The van der Waals surface area contributed by atoms with Crippen molar-refractivity contribution in [2.24, 2.45) is 11.8 Å². The van der Waals surface area contributed by atoms with Gasteiger partial charge in [0, 0.05) is 30.6 Å². The van der Waals surface area contributed by atoms with E-state index in [1.54, 1.807) is 0 Å². The molecule has 0 aromatic heterocycles. The third-order valence-corrected chi connectivity index (χ3v) is 6.39. The molecule has 4 atom stereocenters. The molecular weight excluding hydrogens is 397 g/mol. The van der Waals surface area contributed by atoms with Crippen LogP contribution in [-0.4, -0.2) is 48.9 Å². The number of likely N-dealkylation sites (tertiary alicyclic amines) is 1. The van der Waals surface area contributed by atoms with Crippen LogP contribution < -0.4 is 10.6 Å². The van der Waals surface area contributed by atoms with E-state index < -0.39 is 0 Å². The Hall–Kier alpha value is -1.30. The Bertz CT molecular complexity index is 709. The van der Waals surface area contributed by atoms with Gasteiger partial charge in [-0.3, -0.25) is 9.59 Å². The van der Waals surface area contributed by atoms with Gasteiger partial charge in [-0.15, -0.1) is 12.4 Å². The Morgan fingerprint density at radius 3 is 2.86 bits per heavy atom. The van der Waals surface area contributed by atoms with E-state index in [9.17, 15) is 9.59 Å². The summed E-state index contributed by atoms with van der Waals surface area (Å²) in [7, 11) is 0. The summed E-state index contributed by atoms with van der Waals surface area (Å²) in [6.45, 7) is 3.20. The van der Waals surface area contributed by atoms with Gasteiger partial charge in [0.25, 0.3) is 0 Å². The number of rotatable bonds is 5. The topological polar surface area (TPSA) is 61.4 Å². The van der Waals surface area contributed by atoms with Crippen molar-refractivity contribution < 1.29 is 9.59 Å². The highest BCUT2D eigenvalue weighted by Gasteiger charge is 2.46. The quantitative estimate of drug-likeness (QED) is 0.761. The lowest BCUT2D eigenvalue weighted by molar-refractivity contribution is -0.134. The van der Waals surface area contributed by atoms with Crippen LogP contribution in [0.2, 0.25) is 5.02 Å². The third-order valence-electron chi connectivity index (χ3n) is 6.16. The largest absolute Gasteiger partial charge is 0.354 e. The van der Waals surface area contributed by atoms with Gasteiger partial charge in [-0.25, -0.2) is 0 Å². The smallest absolute Gasteiger partial charge is 0.237 e. The van der Waals surface area contributed by atoms with Crippen LogP contribution in [0.5, 0.6) is 0 Å². The van der Waals surface area contributed by atoms with Gasteiger partial charge in [0.05, 0.1) is 6.04 Å². The summed E-state index contributed by atoms with van der Waals surface area (Å²) in [5, 5.41) is 7.05. The van der Waals surface area contributed by atoms with Crippen LogP contribution in [0.15, 0.2) is 24.3 Å². The summed E-state index contributed by atoms with van der Waals surface area (Å²) in [6, 6.07) is 7.84. The zero-order valence-corrected chi connectivity index (χ0v) is 17.6. The molecule has 0 spiro atoms. The number of amides is 2. The van der Waals surface area contributed by atoms with Crippen molar-refractivity contribution in [2.45, 2.75) is 44.1 Å². The number of carbonyl (C=O) groups is 2. The SMILES string of the molecule is Cl.O=C(NCC1CCCN(C(=O)C2CC2c2cccc(Cl)c2)C1)C1CCCN1. The second-order valence-electron chi connectivity index (χ2n) is 8.19. The molecule has 3 aliphatic rings. The van der Waals surface area contributed by atoms with Crippen LogP contribution in [0.3, 0.4) is 0 Å². The first-order valence-corrected chi connectivity index (χ1v) is 10.5. The normalized spacial score (nSPS) is 29.1. The minimum Gasteiger partial charge on any atom is -0.354 e. The van der Waals surface area contributed by atoms with E-state index in [0.717, 1.165) is 56.8 Å². The van der Waals surface area contributed by atoms with Crippen LogP contribution in [0.4, 0.5) is 0 Å². The Morgan fingerprint density at radius 1 is 1.25 bits per heavy atom. The first-order valence-electron chi connectivity index (χ1n) is 10.2. The highest BCUT2D eigenvalue weighted by molar-refractivity contribution is 6.30. The van der Waals surface area contributed by atoms with Crippen molar-refractivity contribution in [3.05, 3.63) is 34.9 Å². The van der Waals surface area contributed by atoms with E-state index in [2.05, 4.69) is 16.7 Å². The van der Waals surface area contributed by atoms with Crippen LogP contribution in [0.25, 0.3) is 0 Å². The second-order valence-corrected chi connectivity index (χ2v) is 8.63. The molecular formula is C21H29Cl2N3O2. The van der Waals surface area contributed by atoms with E-state index in [0.29, 0.717) is 18.4 Å². The molecule has 2 heterocycles. The van der Waals surface area contributed by atoms with Crippen molar-refractivity contribution in [3.63, 3.8) is 0 Å². The average molecular weight is 426 g/mol. The molecule has 2 saturated heterocycles. The molecule has 1 aromatic rings. The van der Waals surface area contributed by atoms with Gasteiger partial charge in [-0.05, 0) is 68.2 Å². The maximum Gasteiger partial charge on any atom is 0.237 e. The summed E-state index contributed by atoms with van der Waals surface area (Å²) in [6.07, 6.45) is 5.00. The molecule has 154 valence electrons. The molecule has 1 aliphatic carbocycles. The van der Waals surface area contributed by atoms with Gasteiger partial charge in [0.2, 0.25) is 11.8 Å². The van der Waals surface area contributed by atoms with Gasteiger partial charge in [0.1, 0.15) is 0 Å². The predicted molar refractivity (Wildman–Crippen MR) is 113 cm³/mol. The fraction of sp³-hybridized carbons (Fsp3) is 0.619. The molecule has 2 amide bonds. The van der Waals surface area contributed by atoms with Crippen molar-refractivity contribution in [1.29, 1.82) is 0 Å². The van der Waals surface area contributed by atoms with E-state index in [1.807, 2.05) is 23.1 Å². The van der Waals surface area contributed by atoms with Crippen molar-refractivity contribution in [1.82, 2.24) is 15.5 Å². The second kappa shape index (κ2) is 9.47. The lowest BCUT2D eigenvalue weighted by Crippen LogP contribution is -2.47. The van der Waals surface area contributed by atoms with E-state index >= 15 is 0 Å². The van der Waals surface area contributed by atoms with Crippen LogP contribution in [0, 0.1) is 11.8 Å². The maximum atomic E-state index is 12.9. The van der Waals surface area contributed by atoms with E-state index in [-0.39, 0.29) is 36.2 Å². The van der Waals surface area contributed by atoms with Gasteiger partial charge in [-0.1, -0.05) is 23.7 Å². The lowest BCUT2D eigenvalue weighted by Gasteiger charge is -2.33. The molecule has 0 radical (unpaired) electrons. The van der Waals surface area contributed by atoms with Crippen LogP contribution >= 0.6 is 24.0 Å². The van der Waals surface area contributed by atoms with Gasteiger partial charge in [-0.2, -0.15) is 0 Å².